The third-order valence-corrected chi connectivity index (χ3v) is 7.35. The first-order valence-electron chi connectivity index (χ1n) is 10.4. The van der Waals surface area contributed by atoms with Crippen molar-refractivity contribution in [1.82, 2.24) is 14.3 Å². The smallest absolute Gasteiger partial charge is 0.303 e. The predicted octanol–water partition coefficient (Wildman–Crippen LogP) is 1.34. The number of nitrogens with one attached hydrogen (secondary N) is 2. The van der Waals surface area contributed by atoms with Crippen molar-refractivity contribution >= 4 is 34.4 Å². The molecule has 1 saturated heterocycles. The molecule has 2 aromatic carbocycles. The highest BCUT2D eigenvalue weighted by atomic mass is 35.5. The molecule has 1 fully saturated rings. The fourth-order valence-electron chi connectivity index (χ4n) is 3.97. The maximum absolute atomic E-state index is 14.0. The van der Waals surface area contributed by atoms with Crippen LogP contribution in [0, 0.1) is 5.82 Å². The Hall–Kier alpha value is -2.73. The number of nitrogens with two attached hydrogens (primary N) is 1. The highest BCUT2D eigenvalue weighted by Crippen LogP contribution is 2.36. The number of ether oxygens (including phenoxy) is 1. The zero-order valence-corrected chi connectivity index (χ0v) is 20.3. The minimum Gasteiger partial charge on any atom is -0.496 e. The van der Waals surface area contributed by atoms with Crippen molar-refractivity contribution in [1.29, 1.82) is 0 Å². The Balaban J connectivity index is 0.00000408. The zero-order valence-electron chi connectivity index (χ0n) is 18.6. The summed E-state index contributed by atoms with van der Waals surface area (Å²) in [5, 5.41) is 2.90. The Bertz CT molecular complexity index is 1120. The van der Waals surface area contributed by atoms with Crippen LogP contribution < -0.4 is 20.5 Å². The largest absolute Gasteiger partial charge is 0.496 e. The van der Waals surface area contributed by atoms with E-state index in [1.807, 2.05) is 4.72 Å². The van der Waals surface area contributed by atoms with E-state index in [2.05, 4.69) is 5.32 Å². The van der Waals surface area contributed by atoms with E-state index in [1.54, 1.807) is 36.4 Å². The Morgan fingerprint density at radius 2 is 1.82 bits per heavy atom. The molecule has 1 aliphatic rings. The topological polar surface area (TPSA) is 131 Å². The first-order chi connectivity index (χ1) is 15.7. The van der Waals surface area contributed by atoms with Crippen LogP contribution in [-0.2, 0) is 20.4 Å². The molecule has 0 radical (unpaired) electrons. The van der Waals surface area contributed by atoms with Crippen molar-refractivity contribution < 1.29 is 27.1 Å². The Kier molecular flexibility index (Phi) is 9.39. The van der Waals surface area contributed by atoms with Gasteiger partial charge in [0.15, 0.2) is 0 Å². The number of amides is 2. The summed E-state index contributed by atoms with van der Waals surface area (Å²) in [6, 6.07) is 12.9. The molecule has 0 saturated carbocycles. The number of nitrogens with zero attached hydrogens (tertiary/aromatic N) is 1. The van der Waals surface area contributed by atoms with Crippen LogP contribution in [0.3, 0.4) is 0 Å². The van der Waals surface area contributed by atoms with Crippen molar-refractivity contribution in [3.8, 4) is 5.75 Å². The number of piperidine rings is 1. The third kappa shape index (κ3) is 6.23. The van der Waals surface area contributed by atoms with Gasteiger partial charge in [-0.1, -0.05) is 24.3 Å². The summed E-state index contributed by atoms with van der Waals surface area (Å²) in [6.45, 7) is -0.131. The molecule has 2 amide bonds. The number of carbonyl (C=O) groups is 2. The van der Waals surface area contributed by atoms with Crippen molar-refractivity contribution in [2.75, 3.05) is 33.3 Å². The van der Waals surface area contributed by atoms with Gasteiger partial charge in [0.25, 0.3) is 5.91 Å². The number of benzene rings is 2. The summed E-state index contributed by atoms with van der Waals surface area (Å²) in [5.74, 6) is -1.16. The number of para-hydroxylation sites is 1. The van der Waals surface area contributed by atoms with Gasteiger partial charge in [-0.3, -0.25) is 9.59 Å². The van der Waals surface area contributed by atoms with Gasteiger partial charge in [-0.05, 0) is 42.7 Å². The molecular weight excluding hydrogens is 487 g/mol. The van der Waals surface area contributed by atoms with E-state index in [1.165, 1.54) is 19.2 Å². The fourth-order valence-corrected chi connectivity index (χ4v) is 5.13. The van der Waals surface area contributed by atoms with Crippen LogP contribution in [0.25, 0.3) is 0 Å². The van der Waals surface area contributed by atoms with Gasteiger partial charge in [-0.25, -0.2) is 9.11 Å². The SMILES string of the molecule is COc1ccccc1C(=O)NCC1(c2cccc(F)c2)CCN(S(=O)(=O)NC(=O)CN)CC1.Cl. The quantitative estimate of drug-likeness (QED) is 0.487. The molecule has 2 aromatic rings. The van der Waals surface area contributed by atoms with E-state index in [-0.39, 0.29) is 37.9 Å². The van der Waals surface area contributed by atoms with E-state index < -0.39 is 33.9 Å². The van der Waals surface area contributed by atoms with Gasteiger partial charge < -0.3 is 15.8 Å². The van der Waals surface area contributed by atoms with Gasteiger partial charge in [-0.15, -0.1) is 12.4 Å². The summed E-state index contributed by atoms with van der Waals surface area (Å²) in [4.78, 5) is 24.3. The second-order valence-electron chi connectivity index (χ2n) is 7.81. The third-order valence-electron chi connectivity index (χ3n) is 5.82. The van der Waals surface area contributed by atoms with E-state index in [4.69, 9.17) is 10.5 Å². The molecule has 186 valence electrons. The molecule has 4 N–H and O–H groups in total. The standard InChI is InChI=1S/C22H27FN4O5S.ClH/c1-32-19-8-3-2-7-18(19)21(29)25-15-22(16-5-4-6-17(23)13-16)9-11-27(12-10-22)33(30,31)26-20(28)14-24;/h2-8,13H,9-12,14-15,24H2,1H3,(H,25,29)(H,26,28);1H. The van der Waals surface area contributed by atoms with Crippen LogP contribution in [0.2, 0.25) is 0 Å². The lowest BCUT2D eigenvalue weighted by Crippen LogP contribution is -2.53. The number of carbonyl (C=O) groups excluding carboxylic acids is 2. The first kappa shape index (κ1) is 27.5. The Morgan fingerprint density at radius 1 is 1.15 bits per heavy atom. The van der Waals surface area contributed by atoms with Gasteiger partial charge in [-0.2, -0.15) is 12.7 Å². The van der Waals surface area contributed by atoms with E-state index >= 15 is 0 Å². The number of halogens is 2. The van der Waals surface area contributed by atoms with Crippen molar-refractivity contribution in [2.24, 2.45) is 5.73 Å². The van der Waals surface area contributed by atoms with Crippen LogP contribution >= 0.6 is 12.4 Å². The highest BCUT2D eigenvalue weighted by Gasteiger charge is 2.40. The van der Waals surface area contributed by atoms with Gasteiger partial charge >= 0.3 is 10.2 Å². The molecule has 3 rings (SSSR count). The van der Waals surface area contributed by atoms with Crippen LogP contribution in [0.4, 0.5) is 4.39 Å². The van der Waals surface area contributed by atoms with Gasteiger partial charge in [0, 0.05) is 25.0 Å². The highest BCUT2D eigenvalue weighted by molar-refractivity contribution is 7.87. The molecule has 1 aliphatic heterocycles. The van der Waals surface area contributed by atoms with Crippen LogP contribution in [0.5, 0.6) is 5.75 Å². The lowest BCUT2D eigenvalue weighted by molar-refractivity contribution is -0.118. The fraction of sp³-hybridized carbons (Fsp3) is 0.364. The van der Waals surface area contributed by atoms with Crippen LogP contribution in [0.15, 0.2) is 48.5 Å². The lowest BCUT2D eigenvalue weighted by atomic mass is 9.73. The van der Waals surface area contributed by atoms with Gasteiger partial charge in [0.2, 0.25) is 5.91 Å². The summed E-state index contributed by atoms with van der Waals surface area (Å²) in [6.07, 6.45) is 0.612. The van der Waals surface area contributed by atoms with E-state index in [9.17, 15) is 22.4 Å². The van der Waals surface area contributed by atoms with Crippen molar-refractivity contribution in [3.63, 3.8) is 0 Å². The number of rotatable bonds is 8. The molecule has 0 bridgehead atoms. The van der Waals surface area contributed by atoms with E-state index in [0.29, 0.717) is 29.7 Å². The zero-order chi connectivity index (χ0) is 24.1. The summed E-state index contributed by atoms with van der Waals surface area (Å²) >= 11 is 0. The molecule has 0 spiro atoms. The van der Waals surface area contributed by atoms with Crippen molar-refractivity contribution in [2.45, 2.75) is 18.3 Å². The molecule has 0 aromatic heterocycles. The molecule has 0 aliphatic carbocycles. The molecular formula is C22H28ClFN4O5S. The summed E-state index contributed by atoms with van der Waals surface area (Å²) in [5.41, 5.74) is 5.51. The number of hydrogen-bond donors (Lipinski definition) is 3. The average molecular weight is 515 g/mol. The van der Waals surface area contributed by atoms with E-state index in [0.717, 1.165) is 4.31 Å². The minimum absolute atomic E-state index is 0. The first-order valence-corrected chi connectivity index (χ1v) is 11.8. The second kappa shape index (κ2) is 11.6. The minimum atomic E-state index is -4.04. The Morgan fingerprint density at radius 3 is 2.44 bits per heavy atom. The lowest BCUT2D eigenvalue weighted by Gasteiger charge is -2.41. The van der Waals surface area contributed by atoms with Gasteiger partial charge in [0.05, 0.1) is 19.2 Å². The maximum Gasteiger partial charge on any atom is 0.303 e. The molecule has 34 heavy (non-hydrogen) atoms. The van der Waals surface area contributed by atoms with Crippen LogP contribution in [-0.4, -0.2) is 57.8 Å². The average Bonchev–Trinajstić information content (AvgIpc) is 2.82. The summed E-state index contributed by atoms with van der Waals surface area (Å²) < 4.78 is 47.3. The molecule has 1 heterocycles. The summed E-state index contributed by atoms with van der Waals surface area (Å²) in [7, 11) is -2.57. The molecule has 0 atom stereocenters. The van der Waals surface area contributed by atoms with Crippen LogP contribution in [0.1, 0.15) is 28.8 Å². The number of hydrogen-bond acceptors (Lipinski definition) is 6. The maximum atomic E-state index is 14.0. The monoisotopic (exact) mass is 514 g/mol. The predicted molar refractivity (Wildman–Crippen MR) is 128 cm³/mol. The Labute approximate surface area is 204 Å². The normalized spacial score (nSPS) is 15.6. The molecule has 0 unspecified atom stereocenters. The molecule has 9 nitrogen and oxygen atoms in total. The molecule has 12 heteroatoms. The van der Waals surface area contributed by atoms with Crippen molar-refractivity contribution in [3.05, 3.63) is 65.5 Å². The number of methoxy groups -OCH3 is 1. The second-order valence-corrected chi connectivity index (χ2v) is 9.48. The van der Waals surface area contributed by atoms with Gasteiger partial charge in [0.1, 0.15) is 11.6 Å².